The number of amides is 1. The topological polar surface area (TPSA) is 38.3 Å². The third kappa shape index (κ3) is 4.93. The van der Waals surface area contributed by atoms with Crippen LogP contribution in [0.4, 0.5) is 10.1 Å². The van der Waals surface area contributed by atoms with Gasteiger partial charge in [0.2, 0.25) is 0 Å². The van der Waals surface area contributed by atoms with E-state index in [2.05, 4.69) is 11.9 Å². The molecule has 1 amide bonds. The number of rotatable bonds is 7. The van der Waals surface area contributed by atoms with Crippen molar-refractivity contribution in [1.29, 1.82) is 0 Å². The molecule has 0 aliphatic rings. The van der Waals surface area contributed by atoms with Crippen molar-refractivity contribution in [1.82, 2.24) is 0 Å². The summed E-state index contributed by atoms with van der Waals surface area (Å²) < 4.78 is 18.1. The number of thioether (sulfide) groups is 1. The molecular weight excluding hydrogens is 301 g/mol. The van der Waals surface area contributed by atoms with Crippen molar-refractivity contribution >= 4 is 23.4 Å². The molecule has 3 nitrogen and oxygen atoms in total. The highest BCUT2D eigenvalue weighted by molar-refractivity contribution is 7.99. The minimum atomic E-state index is -0.343. The predicted molar refractivity (Wildman–Crippen MR) is 87.9 cm³/mol. The highest BCUT2D eigenvalue weighted by Gasteiger charge is 2.07. The second-order valence-electron chi connectivity index (χ2n) is 4.39. The summed E-state index contributed by atoms with van der Waals surface area (Å²) in [5.41, 5.74) is 0.738. The first-order valence-electron chi connectivity index (χ1n) is 6.70. The van der Waals surface area contributed by atoms with Gasteiger partial charge in [0.1, 0.15) is 11.6 Å². The fourth-order valence-corrected chi connectivity index (χ4v) is 2.46. The molecule has 0 aliphatic heterocycles. The molecule has 0 bridgehead atoms. The van der Waals surface area contributed by atoms with E-state index in [9.17, 15) is 9.18 Å². The third-order valence-electron chi connectivity index (χ3n) is 2.70. The number of para-hydroxylation sites is 1. The fourth-order valence-electron chi connectivity index (χ4n) is 1.71. The van der Waals surface area contributed by atoms with Gasteiger partial charge in [-0.15, -0.1) is 18.3 Å². The maximum atomic E-state index is 12.8. The van der Waals surface area contributed by atoms with Crippen LogP contribution in [0.2, 0.25) is 0 Å². The van der Waals surface area contributed by atoms with Gasteiger partial charge in [0.25, 0.3) is 5.91 Å². The third-order valence-corrected chi connectivity index (χ3v) is 3.77. The Balaban J connectivity index is 1.91. The first-order chi connectivity index (χ1) is 10.7. The Morgan fingerprint density at radius 1 is 1.23 bits per heavy atom. The average Bonchev–Trinajstić information content (AvgIpc) is 2.53. The lowest BCUT2D eigenvalue weighted by atomic mass is 10.3. The van der Waals surface area contributed by atoms with E-state index in [4.69, 9.17) is 4.74 Å². The summed E-state index contributed by atoms with van der Waals surface area (Å²) in [6, 6.07) is 13.1. The summed E-state index contributed by atoms with van der Waals surface area (Å²) >= 11 is 1.59. The van der Waals surface area contributed by atoms with Gasteiger partial charge in [-0.3, -0.25) is 4.79 Å². The Morgan fingerprint density at radius 3 is 2.68 bits per heavy atom. The molecule has 114 valence electrons. The Morgan fingerprint density at radius 2 is 1.95 bits per heavy atom. The molecule has 2 rings (SSSR count). The summed E-state index contributed by atoms with van der Waals surface area (Å²) in [5, 5.41) is 2.81. The number of anilines is 1. The van der Waals surface area contributed by atoms with Crippen molar-refractivity contribution in [3.8, 4) is 5.75 Å². The van der Waals surface area contributed by atoms with Crippen molar-refractivity contribution in [2.24, 2.45) is 0 Å². The zero-order chi connectivity index (χ0) is 15.8. The van der Waals surface area contributed by atoms with Gasteiger partial charge >= 0.3 is 0 Å². The molecule has 0 spiro atoms. The van der Waals surface area contributed by atoms with Crippen molar-refractivity contribution in [2.45, 2.75) is 4.90 Å². The molecule has 0 aromatic heterocycles. The summed E-state index contributed by atoms with van der Waals surface area (Å²) in [4.78, 5) is 12.9. The molecule has 1 N–H and O–H groups in total. The van der Waals surface area contributed by atoms with Gasteiger partial charge in [0.05, 0.1) is 5.69 Å². The lowest BCUT2D eigenvalue weighted by Gasteiger charge is -2.11. The van der Waals surface area contributed by atoms with Crippen LogP contribution in [0.15, 0.2) is 66.1 Å². The average molecular weight is 317 g/mol. The quantitative estimate of drug-likeness (QED) is 0.616. The normalized spacial score (nSPS) is 10.0. The Bertz CT molecular complexity index is 643. The Hall–Kier alpha value is -2.27. The summed E-state index contributed by atoms with van der Waals surface area (Å²) in [7, 11) is 0. The second-order valence-corrected chi connectivity index (χ2v) is 5.45. The minimum absolute atomic E-state index is 0.133. The molecule has 0 saturated carbocycles. The van der Waals surface area contributed by atoms with E-state index in [1.807, 2.05) is 24.3 Å². The minimum Gasteiger partial charge on any atom is -0.484 e. The maximum absolute atomic E-state index is 12.8. The molecule has 0 unspecified atom stereocenters. The van der Waals surface area contributed by atoms with Crippen LogP contribution in [0.25, 0.3) is 0 Å². The van der Waals surface area contributed by atoms with Crippen LogP contribution < -0.4 is 10.1 Å². The summed E-state index contributed by atoms with van der Waals surface area (Å²) in [5.74, 6) is 0.603. The smallest absolute Gasteiger partial charge is 0.262 e. The van der Waals surface area contributed by atoms with Gasteiger partial charge in [0, 0.05) is 10.6 Å². The first kappa shape index (κ1) is 16.1. The van der Waals surface area contributed by atoms with E-state index < -0.39 is 0 Å². The van der Waals surface area contributed by atoms with Crippen LogP contribution in [0.5, 0.6) is 5.75 Å². The van der Waals surface area contributed by atoms with Gasteiger partial charge < -0.3 is 10.1 Å². The van der Waals surface area contributed by atoms with E-state index in [1.54, 1.807) is 17.8 Å². The van der Waals surface area contributed by atoms with Gasteiger partial charge in [-0.2, -0.15) is 0 Å². The number of carbonyl (C=O) groups excluding carboxylic acids is 1. The molecule has 0 atom stereocenters. The molecule has 0 aliphatic carbocycles. The lowest BCUT2D eigenvalue weighted by Crippen LogP contribution is -2.20. The van der Waals surface area contributed by atoms with Crippen molar-refractivity contribution in [3.05, 3.63) is 67.0 Å². The van der Waals surface area contributed by atoms with E-state index >= 15 is 0 Å². The lowest BCUT2D eigenvalue weighted by molar-refractivity contribution is -0.118. The maximum Gasteiger partial charge on any atom is 0.262 e. The number of ether oxygens (including phenoxy) is 1. The number of hydrogen-bond donors (Lipinski definition) is 1. The zero-order valence-electron chi connectivity index (χ0n) is 11.9. The number of nitrogens with one attached hydrogen (secondary N) is 1. The van der Waals surface area contributed by atoms with Crippen LogP contribution >= 0.6 is 11.8 Å². The second kappa shape index (κ2) is 8.24. The Kier molecular flexibility index (Phi) is 6.03. The molecule has 2 aromatic carbocycles. The van der Waals surface area contributed by atoms with Gasteiger partial charge in [0.15, 0.2) is 6.61 Å². The van der Waals surface area contributed by atoms with E-state index in [1.165, 1.54) is 24.3 Å². The van der Waals surface area contributed by atoms with Gasteiger partial charge in [-0.1, -0.05) is 18.2 Å². The van der Waals surface area contributed by atoms with Crippen molar-refractivity contribution < 1.29 is 13.9 Å². The monoisotopic (exact) mass is 317 g/mol. The van der Waals surface area contributed by atoms with Gasteiger partial charge in [-0.05, 0) is 36.4 Å². The molecule has 0 fully saturated rings. The van der Waals surface area contributed by atoms with Crippen molar-refractivity contribution in [2.75, 3.05) is 17.7 Å². The fraction of sp³-hybridized carbons (Fsp3) is 0.118. The number of carbonyl (C=O) groups is 1. The molecular formula is C17H16FNO2S. The van der Waals surface area contributed by atoms with Crippen LogP contribution in [0.1, 0.15) is 0 Å². The molecule has 0 heterocycles. The highest BCUT2D eigenvalue weighted by atomic mass is 32.2. The first-order valence-corrected chi connectivity index (χ1v) is 7.68. The SMILES string of the molecule is C=CCSc1ccccc1NC(=O)COc1ccc(F)cc1. The molecule has 0 radical (unpaired) electrons. The van der Waals surface area contributed by atoms with Gasteiger partial charge in [-0.25, -0.2) is 4.39 Å². The summed E-state index contributed by atoms with van der Waals surface area (Å²) in [6.45, 7) is 3.55. The van der Waals surface area contributed by atoms with Crippen molar-refractivity contribution in [3.63, 3.8) is 0 Å². The number of halogens is 1. The van der Waals surface area contributed by atoms with E-state index in [0.29, 0.717) is 5.75 Å². The predicted octanol–water partition coefficient (Wildman–Crippen LogP) is 4.12. The summed E-state index contributed by atoms with van der Waals surface area (Å²) in [6.07, 6.45) is 1.81. The molecule has 5 heteroatoms. The van der Waals surface area contributed by atoms with Crippen LogP contribution in [-0.4, -0.2) is 18.3 Å². The molecule has 22 heavy (non-hydrogen) atoms. The highest BCUT2D eigenvalue weighted by Crippen LogP contribution is 2.26. The number of hydrogen-bond acceptors (Lipinski definition) is 3. The van der Waals surface area contributed by atoms with Crippen LogP contribution in [-0.2, 0) is 4.79 Å². The molecule has 2 aromatic rings. The Labute approximate surface area is 133 Å². The van der Waals surface area contributed by atoms with Crippen LogP contribution in [0, 0.1) is 5.82 Å². The van der Waals surface area contributed by atoms with E-state index in [0.717, 1.165) is 16.3 Å². The van der Waals surface area contributed by atoms with Crippen LogP contribution in [0.3, 0.4) is 0 Å². The number of benzene rings is 2. The molecule has 0 saturated heterocycles. The largest absolute Gasteiger partial charge is 0.484 e. The van der Waals surface area contributed by atoms with E-state index in [-0.39, 0.29) is 18.3 Å². The standard InChI is InChI=1S/C17H16FNO2S/c1-2-11-22-16-6-4-3-5-15(16)19-17(20)12-21-14-9-7-13(18)8-10-14/h2-10H,1,11-12H2,(H,19,20). The zero-order valence-corrected chi connectivity index (χ0v) is 12.7.